The summed E-state index contributed by atoms with van der Waals surface area (Å²) in [6.45, 7) is 4.68. The number of amides is 1. The molecule has 0 fully saturated rings. The summed E-state index contributed by atoms with van der Waals surface area (Å²) < 4.78 is 7.46. The van der Waals surface area contributed by atoms with Crippen molar-refractivity contribution in [3.8, 4) is 5.75 Å². The maximum absolute atomic E-state index is 10.8. The molecule has 0 aliphatic rings. The lowest BCUT2D eigenvalue weighted by atomic mass is 10.3. The second-order valence-electron chi connectivity index (χ2n) is 4.00. The molecule has 2 heterocycles. The van der Waals surface area contributed by atoms with E-state index in [1.807, 2.05) is 35.9 Å². The molecule has 1 amide bonds. The first-order valence-corrected chi connectivity index (χ1v) is 6.04. The Morgan fingerprint density at radius 3 is 3.11 bits per heavy atom. The average molecular weight is 247 g/mol. The van der Waals surface area contributed by atoms with E-state index >= 15 is 0 Å². The van der Waals surface area contributed by atoms with Gasteiger partial charge in [-0.05, 0) is 19.1 Å². The number of rotatable bonds is 5. The molecule has 5 heteroatoms. The molecule has 96 valence electrons. The van der Waals surface area contributed by atoms with Crippen LogP contribution in [-0.2, 0) is 11.2 Å². The molecule has 0 aliphatic carbocycles. The highest BCUT2D eigenvalue weighted by Gasteiger charge is 2.06. The van der Waals surface area contributed by atoms with Crippen molar-refractivity contribution in [2.75, 3.05) is 13.2 Å². The van der Waals surface area contributed by atoms with Gasteiger partial charge in [0.15, 0.2) is 11.4 Å². The van der Waals surface area contributed by atoms with Crippen molar-refractivity contribution < 1.29 is 9.53 Å². The first-order valence-electron chi connectivity index (χ1n) is 6.04. The average Bonchev–Trinajstić information content (AvgIpc) is 2.73. The van der Waals surface area contributed by atoms with E-state index < -0.39 is 0 Å². The summed E-state index contributed by atoms with van der Waals surface area (Å²) in [6, 6.07) is 3.83. The van der Waals surface area contributed by atoms with Gasteiger partial charge in [0, 0.05) is 32.3 Å². The second-order valence-corrected chi connectivity index (χ2v) is 4.00. The molecule has 0 saturated carbocycles. The minimum atomic E-state index is -0.0197. The first-order chi connectivity index (χ1) is 8.70. The van der Waals surface area contributed by atoms with Gasteiger partial charge >= 0.3 is 0 Å². The molecule has 0 bridgehead atoms. The SMILES string of the molecule is CCOc1cccn2cc(CCNC(C)=O)nc12. The fraction of sp³-hybridized carbons (Fsp3) is 0.385. The molecule has 0 radical (unpaired) electrons. The van der Waals surface area contributed by atoms with E-state index in [4.69, 9.17) is 4.74 Å². The van der Waals surface area contributed by atoms with Gasteiger partial charge in [0.05, 0.1) is 12.3 Å². The van der Waals surface area contributed by atoms with Crippen LogP contribution in [0.3, 0.4) is 0 Å². The Morgan fingerprint density at radius 2 is 2.39 bits per heavy atom. The number of pyridine rings is 1. The van der Waals surface area contributed by atoms with Crippen LogP contribution in [0.25, 0.3) is 5.65 Å². The van der Waals surface area contributed by atoms with Crippen molar-refractivity contribution in [3.63, 3.8) is 0 Å². The van der Waals surface area contributed by atoms with Gasteiger partial charge < -0.3 is 14.5 Å². The Balaban J connectivity index is 2.16. The Morgan fingerprint density at radius 1 is 1.56 bits per heavy atom. The van der Waals surface area contributed by atoms with Crippen LogP contribution >= 0.6 is 0 Å². The Bertz CT molecular complexity index is 548. The monoisotopic (exact) mass is 247 g/mol. The van der Waals surface area contributed by atoms with Crippen molar-refractivity contribution in [1.29, 1.82) is 0 Å². The van der Waals surface area contributed by atoms with E-state index in [-0.39, 0.29) is 5.91 Å². The van der Waals surface area contributed by atoms with Gasteiger partial charge in [-0.15, -0.1) is 0 Å². The quantitative estimate of drug-likeness (QED) is 0.869. The largest absolute Gasteiger partial charge is 0.490 e. The third-order valence-corrected chi connectivity index (χ3v) is 2.55. The van der Waals surface area contributed by atoms with Gasteiger partial charge in [0.2, 0.25) is 5.91 Å². The lowest BCUT2D eigenvalue weighted by Crippen LogP contribution is -2.22. The maximum Gasteiger partial charge on any atom is 0.216 e. The first kappa shape index (κ1) is 12.4. The standard InChI is InChI=1S/C13H17N3O2/c1-3-18-12-5-4-8-16-9-11(15-13(12)16)6-7-14-10(2)17/h4-5,8-9H,3,6-7H2,1-2H3,(H,14,17). The number of fused-ring (bicyclic) bond motifs is 1. The van der Waals surface area contributed by atoms with Crippen LogP contribution in [0.15, 0.2) is 24.5 Å². The zero-order valence-corrected chi connectivity index (χ0v) is 10.6. The van der Waals surface area contributed by atoms with Crippen molar-refractivity contribution in [2.24, 2.45) is 0 Å². The molecule has 5 nitrogen and oxygen atoms in total. The lowest BCUT2D eigenvalue weighted by Gasteiger charge is -2.03. The summed E-state index contributed by atoms with van der Waals surface area (Å²) in [5.74, 6) is 0.763. The predicted octanol–water partition coefficient (Wildman–Crippen LogP) is 1.41. The molecule has 0 spiro atoms. The third kappa shape index (κ3) is 2.80. The summed E-state index contributed by atoms with van der Waals surface area (Å²) in [5, 5.41) is 2.76. The maximum atomic E-state index is 10.8. The molecule has 0 aliphatic heterocycles. The molecule has 2 aromatic heterocycles. The highest BCUT2D eigenvalue weighted by molar-refractivity contribution is 5.72. The molecule has 1 N–H and O–H groups in total. The van der Waals surface area contributed by atoms with Crippen LogP contribution in [0.5, 0.6) is 5.75 Å². The summed E-state index contributed by atoms with van der Waals surface area (Å²) in [4.78, 5) is 15.3. The molecule has 18 heavy (non-hydrogen) atoms. The topological polar surface area (TPSA) is 55.6 Å². The van der Waals surface area contributed by atoms with Gasteiger partial charge in [-0.2, -0.15) is 0 Å². The van der Waals surface area contributed by atoms with Crippen molar-refractivity contribution in [1.82, 2.24) is 14.7 Å². The molecule has 0 saturated heterocycles. The van der Waals surface area contributed by atoms with Gasteiger partial charge in [-0.1, -0.05) is 0 Å². The van der Waals surface area contributed by atoms with Crippen LogP contribution < -0.4 is 10.1 Å². The zero-order valence-electron chi connectivity index (χ0n) is 10.6. The Labute approximate surface area is 106 Å². The number of aromatic nitrogens is 2. The van der Waals surface area contributed by atoms with E-state index in [0.717, 1.165) is 17.1 Å². The minimum Gasteiger partial charge on any atom is -0.490 e. The van der Waals surface area contributed by atoms with E-state index in [1.165, 1.54) is 6.92 Å². The number of nitrogens with zero attached hydrogens (tertiary/aromatic N) is 2. The summed E-state index contributed by atoms with van der Waals surface area (Å²) in [6.07, 6.45) is 4.61. The fourth-order valence-corrected chi connectivity index (χ4v) is 1.79. The smallest absolute Gasteiger partial charge is 0.216 e. The second kappa shape index (κ2) is 5.53. The van der Waals surface area contributed by atoms with Gasteiger partial charge in [-0.3, -0.25) is 4.79 Å². The number of hydrogen-bond donors (Lipinski definition) is 1. The van der Waals surface area contributed by atoms with Crippen LogP contribution in [0.4, 0.5) is 0 Å². The van der Waals surface area contributed by atoms with Gasteiger partial charge in [-0.25, -0.2) is 4.98 Å². The van der Waals surface area contributed by atoms with Crippen molar-refractivity contribution in [3.05, 3.63) is 30.2 Å². The molecule has 2 aromatic rings. The summed E-state index contributed by atoms with van der Waals surface area (Å²) >= 11 is 0. The van der Waals surface area contributed by atoms with Crippen LogP contribution in [0.2, 0.25) is 0 Å². The molecular weight excluding hydrogens is 230 g/mol. The fourth-order valence-electron chi connectivity index (χ4n) is 1.79. The van der Waals surface area contributed by atoms with Crippen LogP contribution in [0, 0.1) is 0 Å². The number of carbonyl (C=O) groups excluding carboxylic acids is 1. The number of hydrogen-bond acceptors (Lipinski definition) is 3. The highest BCUT2D eigenvalue weighted by Crippen LogP contribution is 2.18. The highest BCUT2D eigenvalue weighted by atomic mass is 16.5. The van der Waals surface area contributed by atoms with Crippen molar-refractivity contribution >= 4 is 11.6 Å². The van der Waals surface area contributed by atoms with E-state index in [0.29, 0.717) is 19.6 Å². The molecule has 0 aromatic carbocycles. The molecular formula is C13H17N3O2. The summed E-state index contributed by atoms with van der Waals surface area (Å²) in [7, 11) is 0. The predicted molar refractivity (Wildman–Crippen MR) is 68.7 cm³/mol. The Kier molecular flexibility index (Phi) is 3.82. The molecule has 2 rings (SSSR count). The van der Waals surface area contributed by atoms with E-state index in [2.05, 4.69) is 10.3 Å². The minimum absolute atomic E-state index is 0.0197. The Hall–Kier alpha value is -2.04. The van der Waals surface area contributed by atoms with Crippen molar-refractivity contribution in [2.45, 2.75) is 20.3 Å². The number of ether oxygens (including phenoxy) is 1. The number of imidazole rings is 1. The lowest BCUT2D eigenvalue weighted by molar-refractivity contribution is -0.118. The van der Waals surface area contributed by atoms with Gasteiger partial charge in [0.25, 0.3) is 0 Å². The van der Waals surface area contributed by atoms with E-state index in [9.17, 15) is 4.79 Å². The van der Waals surface area contributed by atoms with Gasteiger partial charge in [0.1, 0.15) is 0 Å². The van der Waals surface area contributed by atoms with Crippen LogP contribution in [0.1, 0.15) is 19.5 Å². The third-order valence-electron chi connectivity index (χ3n) is 2.55. The summed E-state index contributed by atoms with van der Waals surface area (Å²) in [5.41, 5.74) is 1.76. The molecule has 0 unspecified atom stereocenters. The molecule has 0 atom stereocenters. The van der Waals surface area contributed by atoms with E-state index in [1.54, 1.807) is 0 Å². The van der Waals surface area contributed by atoms with Crippen LogP contribution in [-0.4, -0.2) is 28.4 Å². The zero-order chi connectivity index (χ0) is 13.0. The number of carbonyl (C=O) groups is 1. The normalized spacial score (nSPS) is 10.6. The number of nitrogens with one attached hydrogen (secondary N) is 1.